The summed E-state index contributed by atoms with van der Waals surface area (Å²) in [4.78, 5) is 9.70. The molecule has 0 amide bonds. The average Bonchev–Trinajstić information content (AvgIpc) is 2.68. The number of nitrogens with one attached hydrogen (secondary N) is 1. The van der Waals surface area contributed by atoms with Crippen molar-refractivity contribution < 1.29 is 26.5 Å². The Morgan fingerprint density at radius 3 is 2.36 bits per heavy atom. The van der Waals surface area contributed by atoms with Gasteiger partial charge in [-0.15, -0.1) is 0 Å². The Labute approximate surface area is 162 Å². The van der Waals surface area contributed by atoms with Crippen molar-refractivity contribution in [3.05, 3.63) is 58.6 Å². The van der Waals surface area contributed by atoms with Gasteiger partial charge < -0.3 is 4.74 Å². The molecular weight excluding hydrogens is 410 g/mol. The quantitative estimate of drug-likeness (QED) is 0.544. The smallest absolute Gasteiger partial charge is 0.289 e. The summed E-state index contributed by atoms with van der Waals surface area (Å²) >= 11 is 0. The van der Waals surface area contributed by atoms with Crippen molar-refractivity contribution >= 4 is 31.4 Å². The van der Waals surface area contributed by atoms with Gasteiger partial charge >= 0.3 is 0 Å². The van der Waals surface area contributed by atoms with Crippen molar-refractivity contribution in [3.63, 3.8) is 0 Å². The molecule has 0 unspecified atom stereocenters. The lowest BCUT2D eigenvalue weighted by molar-refractivity contribution is -0.387. The Kier molecular flexibility index (Phi) is 5.65. The maximum absolute atomic E-state index is 12.7. The predicted octanol–water partition coefficient (Wildman–Crippen LogP) is 1.42. The van der Waals surface area contributed by atoms with Gasteiger partial charge in [0.05, 0.1) is 28.7 Å². The molecule has 1 aliphatic rings. The summed E-state index contributed by atoms with van der Waals surface area (Å²) in [6.45, 7) is 0.968. The fourth-order valence-corrected chi connectivity index (χ4v) is 5.38. The highest BCUT2D eigenvalue weighted by Gasteiger charge is 2.28. The second kappa shape index (κ2) is 7.83. The van der Waals surface area contributed by atoms with Crippen LogP contribution in [0, 0.1) is 10.1 Å². The third-order valence-corrected chi connectivity index (χ3v) is 7.37. The Hall–Kier alpha value is -2.54. The number of ether oxygens (including phenoxy) is 1. The molecule has 0 bridgehead atoms. The normalized spacial score (nSPS) is 15.9. The highest BCUT2D eigenvalue weighted by atomic mass is 32.2. The SMILES string of the molecule is O=[N+]([O-])c1ccccc1S(=O)(=O)Nc1cccc(S(=O)(=O)N2CCOCC2)c1. The molecule has 150 valence electrons. The van der Waals surface area contributed by atoms with Crippen molar-refractivity contribution in [2.45, 2.75) is 9.79 Å². The molecule has 12 heteroatoms. The summed E-state index contributed by atoms with van der Waals surface area (Å²) < 4.78 is 59.2. The van der Waals surface area contributed by atoms with Crippen molar-refractivity contribution in [3.8, 4) is 0 Å². The van der Waals surface area contributed by atoms with Gasteiger partial charge in [0.1, 0.15) is 0 Å². The Morgan fingerprint density at radius 1 is 1.00 bits per heavy atom. The second-order valence-corrected chi connectivity index (χ2v) is 9.46. The van der Waals surface area contributed by atoms with E-state index in [9.17, 15) is 26.9 Å². The van der Waals surface area contributed by atoms with E-state index in [1.54, 1.807) is 0 Å². The van der Waals surface area contributed by atoms with Gasteiger partial charge in [0.25, 0.3) is 15.7 Å². The first kappa shape index (κ1) is 20.2. The largest absolute Gasteiger partial charge is 0.379 e. The van der Waals surface area contributed by atoms with Crippen LogP contribution in [-0.4, -0.2) is 52.4 Å². The lowest BCUT2D eigenvalue weighted by Crippen LogP contribution is -2.40. The maximum Gasteiger partial charge on any atom is 0.289 e. The molecule has 2 aromatic rings. The minimum absolute atomic E-state index is 0.0208. The number of sulfonamides is 2. The van der Waals surface area contributed by atoms with E-state index in [4.69, 9.17) is 4.74 Å². The minimum atomic E-state index is -4.30. The average molecular weight is 427 g/mol. The van der Waals surface area contributed by atoms with Gasteiger partial charge in [-0.3, -0.25) is 14.8 Å². The number of nitro groups is 1. The Morgan fingerprint density at radius 2 is 1.68 bits per heavy atom. The summed E-state index contributed by atoms with van der Waals surface area (Å²) in [6.07, 6.45) is 0. The van der Waals surface area contributed by atoms with Crippen LogP contribution in [0.3, 0.4) is 0 Å². The lowest BCUT2D eigenvalue weighted by atomic mass is 10.3. The van der Waals surface area contributed by atoms with Gasteiger partial charge in [-0.05, 0) is 24.3 Å². The highest BCUT2D eigenvalue weighted by Crippen LogP contribution is 2.27. The zero-order valence-corrected chi connectivity index (χ0v) is 16.1. The first-order chi connectivity index (χ1) is 13.2. The van der Waals surface area contributed by atoms with Crippen LogP contribution in [0.2, 0.25) is 0 Å². The summed E-state index contributed by atoms with van der Waals surface area (Å²) in [5.41, 5.74) is -0.598. The summed E-state index contributed by atoms with van der Waals surface area (Å²) in [6, 6.07) is 10.2. The zero-order valence-electron chi connectivity index (χ0n) is 14.5. The first-order valence-corrected chi connectivity index (χ1v) is 11.1. The van der Waals surface area contributed by atoms with Crippen LogP contribution in [0.15, 0.2) is 58.3 Å². The van der Waals surface area contributed by atoms with Crippen LogP contribution in [0.4, 0.5) is 11.4 Å². The van der Waals surface area contributed by atoms with Crippen LogP contribution >= 0.6 is 0 Å². The molecule has 2 aromatic carbocycles. The van der Waals surface area contributed by atoms with Gasteiger partial charge in [-0.1, -0.05) is 18.2 Å². The van der Waals surface area contributed by atoms with Crippen molar-refractivity contribution in [1.82, 2.24) is 4.31 Å². The topological polar surface area (TPSA) is 136 Å². The predicted molar refractivity (Wildman–Crippen MR) is 99.9 cm³/mol. The van der Waals surface area contributed by atoms with Crippen LogP contribution in [0.5, 0.6) is 0 Å². The molecule has 0 spiro atoms. The molecule has 1 fully saturated rings. The molecule has 0 radical (unpaired) electrons. The molecule has 10 nitrogen and oxygen atoms in total. The number of morpholine rings is 1. The van der Waals surface area contributed by atoms with E-state index in [0.29, 0.717) is 0 Å². The van der Waals surface area contributed by atoms with Gasteiger partial charge in [0.2, 0.25) is 10.0 Å². The van der Waals surface area contributed by atoms with E-state index in [1.165, 1.54) is 40.7 Å². The molecule has 1 aliphatic heterocycles. The molecule has 1 heterocycles. The van der Waals surface area contributed by atoms with Crippen molar-refractivity contribution in [2.75, 3.05) is 31.0 Å². The fourth-order valence-electron chi connectivity index (χ4n) is 2.70. The molecule has 0 saturated carbocycles. The van der Waals surface area contributed by atoms with Crippen LogP contribution < -0.4 is 4.72 Å². The molecule has 28 heavy (non-hydrogen) atoms. The summed E-state index contributed by atoms with van der Waals surface area (Å²) in [5.74, 6) is 0. The molecule has 1 saturated heterocycles. The fraction of sp³-hybridized carbons (Fsp3) is 0.250. The van der Waals surface area contributed by atoms with E-state index in [2.05, 4.69) is 4.72 Å². The van der Waals surface area contributed by atoms with Gasteiger partial charge in [0.15, 0.2) is 4.90 Å². The van der Waals surface area contributed by atoms with E-state index < -0.39 is 35.6 Å². The molecular formula is C16H17N3O7S2. The number of rotatable bonds is 6. The minimum Gasteiger partial charge on any atom is -0.379 e. The molecule has 1 N–H and O–H groups in total. The van der Waals surface area contributed by atoms with Crippen LogP contribution in [0.25, 0.3) is 0 Å². The molecule has 0 aromatic heterocycles. The molecule has 0 atom stereocenters. The van der Waals surface area contributed by atoms with Gasteiger partial charge in [-0.2, -0.15) is 4.31 Å². The van der Waals surface area contributed by atoms with E-state index >= 15 is 0 Å². The van der Waals surface area contributed by atoms with Gasteiger partial charge in [0, 0.05) is 19.2 Å². The standard InChI is InChI=1S/C16H17N3O7S2/c20-19(21)15-6-1-2-7-16(15)27(22,23)17-13-4-3-5-14(12-13)28(24,25)18-8-10-26-11-9-18/h1-7,12,17H,8-11H2. The first-order valence-electron chi connectivity index (χ1n) is 8.16. The number of hydrogen-bond donors (Lipinski definition) is 1. The van der Waals surface area contributed by atoms with Crippen molar-refractivity contribution in [1.29, 1.82) is 0 Å². The van der Waals surface area contributed by atoms with Crippen LogP contribution in [-0.2, 0) is 24.8 Å². The Balaban J connectivity index is 1.92. The molecule has 0 aliphatic carbocycles. The Bertz CT molecular complexity index is 1090. The number of para-hydroxylation sites is 1. The van der Waals surface area contributed by atoms with E-state index in [0.717, 1.165) is 12.1 Å². The third kappa shape index (κ3) is 4.14. The lowest BCUT2D eigenvalue weighted by Gasteiger charge is -2.26. The maximum atomic E-state index is 12.7. The van der Waals surface area contributed by atoms with Crippen LogP contribution in [0.1, 0.15) is 0 Å². The number of benzene rings is 2. The third-order valence-electron chi connectivity index (χ3n) is 4.05. The summed E-state index contributed by atoms with van der Waals surface area (Å²) in [5, 5.41) is 11.1. The number of nitrogens with zero attached hydrogens (tertiary/aromatic N) is 2. The van der Waals surface area contributed by atoms with Gasteiger partial charge in [-0.25, -0.2) is 16.8 Å². The number of anilines is 1. The zero-order chi connectivity index (χ0) is 20.4. The number of hydrogen-bond acceptors (Lipinski definition) is 7. The van der Waals surface area contributed by atoms with E-state index in [1.807, 2.05) is 0 Å². The monoisotopic (exact) mass is 427 g/mol. The number of nitro benzene ring substituents is 1. The summed E-state index contributed by atoms with van der Waals surface area (Å²) in [7, 11) is -8.11. The highest BCUT2D eigenvalue weighted by molar-refractivity contribution is 7.93. The van der Waals surface area contributed by atoms with Crippen molar-refractivity contribution in [2.24, 2.45) is 0 Å². The molecule has 3 rings (SSSR count). The van der Waals surface area contributed by atoms with E-state index in [-0.39, 0.29) is 36.9 Å². The second-order valence-electron chi connectivity index (χ2n) is 5.87.